The van der Waals surface area contributed by atoms with Crippen molar-refractivity contribution in [3.8, 4) is 11.3 Å². The lowest BCUT2D eigenvalue weighted by Crippen LogP contribution is -2.17. The number of pyridine rings is 1. The number of nitrogens with zero attached hydrogens (tertiary/aromatic N) is 2. The zero-order valence-electron chi connectivity index (χ0n) is 14.1. The largest absolute Gasteiger partial charge is 0.367 e. The average molecular weight is 398 g/mol. The Morgan fingerprint density at radius 1 is 1.16 bits per heavy atom. The van der Waals surface area contributed by atoms with Gasteiger partial charge in [0, 0.05) is 16.1 Å². The van der Waals surface area contributed by atoms with E-state index >= 15 is 0 Å². The van der Waals surface area contributed by atoms with E-state index in [4.69, 9.17) is 5.10 Å². The van der Waals surface area contributed by atoms with Gasteiger partial charge >= 0.3 is 0 Å². The molecule has 3 aromatic rings. The number of carbonyl (C=O) groups is 1. The van der Waals surface area contributed by atoms with Gasteiger partial charge in [0.05, 0.1) is 11.1 Å². The fraction of sp³-hybridized carbons (Fsp3) is 0.300. The number of aromatic nitrogens is 2. The van der Waals surface area contributed by atoms with Crippen LogP contribution in [0.4, 0.5) is 5.82 Å². The Bertz CT molecular complexity index is 941. The molecular formula is C20H20BrN3O. The van der Waals surface area contributed by atoms with Gasteiger partial charge in [0.25, 0.3) is 0 Å². The number of nitrogens with one attached hydrogen (secondary N) is 1. The summed E-state index contributed by atoms with van der Waals surface area (Å²) >= 11 is 3.59. The molecule has 5 heteroatoms. The van der Waals surface area contributed by atoms with Gasteiger partial charge in [-0.2, -0.15) is 5.10 Å². The third-order valence-corrected chi connectivity index (χ3v) is 5.54. The van der Waals surface area contributed by atoms with Crippen LogP contribution in [-0.2, 0) is 0 Å². The maximum absolute atomic E-state index is 12.4. The number of carbonyl (C=O) groups excluding carboxylic acids is 1. The first kappa shape index (κ1) is 16.3. The molecule has 0 unspecified atom stereocenters. The van der Waals surface area contributed by atoms with E-state index in [-0.39, 0.29) is 5.78 Å². The van der Waals surface area contributed by atoms with E-state index in [1.165, 1.54) is 25.7 Å². The molecule has 1 fully saturated rings. The molecule has 0 radical (unpaired) electrons. The first-order valence-corrected chi connectivity index (χ1v) is 9.48. The van der Waals surface area contributed by atoms with Crippen molar-refractivity contribution in [2.75, 3.05) is 5.32 Å². The van der Waals surface area contributed by atoms with Crippen molar-refractivity contribution in [1.82, 2.24) is 9.61 Å². The van der Waals surface area contributed by atoms with Gasteiger partial charge in [-0.1, -0.05) is 53.0 Å². The quantitative estimate of drug-likeness (QED) is 0.605. The van der Waals surface area contributed by atoms with Crippen molar-refractivity contribution in [1.29, 1.82) is 0 Å². The van der Waals surface area contributed by atoms with Crippen molar-refractivity contribution in [3.05, 3.63) is 52.5 Å². The third-order valence-electron chi connectivity index (χ3n) is 4.85. The van der Waals surface area contributed by atoms with Crippen molar-refractivity contribution >= 4 is 33.0 Å². The van der Waals surface area contributed by atoms with Gasteiger partial charge in [0.15, 0.2) is 5.78 Å². The molecule has 4 nitrogen and oxygen atoms in total. The van der Waals surface area contributed by atoms with Crippen LogP contribution in [0.5, 0.6) is 0 Å². The molecule has 0 aliphatic heterocycles. The highest BCUT2D eigenvalue weighted by Crippen LogP contribution is 2.33. The van der Waals surface area contributed by atoms with Crippen LogP contribution in [0.1, 0.15) is 43.0 Å². The van der Waals surface area contributed by atoms with Gasteiger partial charge in [-0.3, -0.25) is 4.79 Å². The molecule has 2 heterocycles. The van der Waals surface area contributed by atoms with Crippen LogP contribution >= 0.6 is 15.9 Å². The Morgan fingerprint density at radius 3 is 2.64 bits per heavy atom. The van der Waals surface area contributed by atoms with Crippen LogP contribution in [0, 0.1) is 0 Å². The summed E-state index contributed by atoms with van der Waals surface area (Å²) in [5.74, 6) is 0.976. The minimum atomic E-state index is 0.0266. The molecule has 0 spiro atoms. The second-order valence-corrected chi connectivity index (χ2v) is 7.45. The Balaban J connectivity index is 1.90. The SMILES string of the molecule is CC(=O)c1c(-c2ccccc2Br)nn2c(NC3CCCC3)cccc12. The number of hydrogen-bond acceptors (Lipinski definition) is 3. The number of rotatable bonds is 4. The highest BCUT2D eigenvalue weighted by molar-refractivity contribution is 9.10. The highest BCUT2D eigenvalue weighted by atomic mass is 79.9. The molecule has 1 aliphatic carbocycles. The van der Waals surface area contributed by atoms with Crippen LogP contribution in [0.25, 0.3) is 16.8 Å². The summed E-state index contributed by atoms with van der Waals surface area (Å²) in [6, 6.07) is 14.4. The monoisotopic (exact) mass is 397 g/mol. The fourth-order valence-electron chi connectivity index (χ4n) is 3.65. The lowest BCUT2D eigenvalue weighted by Gasteiger charge is -2.14. The predicted octanol–water partition coefficient (Wildman–Crippen LogP) is 5.32. The smallest absolute Gasteiger partial charge is 0.164 e. The summed E-state index contributed by atoms with van der Waals surface area (Å²) in [6.07, 6.45) is 4.92. The second-order valence-electron chi connectivity index (χ2n) is 6.59. The van der Waals surface area contributed by atoms with Crippen LogP contribution in [0.3, 0.4) is 0 Å². The van der Waals surface area contributed by atoms with E-state index in [1.807, 2.05) is 47.0 Å². The van der Waals surface area contributed by atoms with E-state index in [1.54, 1.807) is 6.92 Å². The maximum atomic E-state index is 12.4. The average Bonchev–Trinajstić information content (AvgIpc) is 3.23. The molecule has 4 rings (SSSR count). The van der Waals surface area contributed by atoms with Gasteiger partial charge < -0.3 is 5.32 Å². The normalized spacial score (nSPS) is 15.0. The summed E-state index contributed by atoms with van der Waals surface area (Å²) in [6.45, 7) is 1.61. The summed E-state index contributed by atoms with van der Waals surface area (Å²) in [4.78, 5) is 12.4. The number of fused-ring (bicyclic) bond motifs is 1. The first-order valence-electron chi connectivity index (χ1n) is 8.69. The van der Waals surface area contributed by atoms with Crippen LogP contribution < -0.4 is 5.32 Å². The molecule has 1 aromatic carbocycles. The molecule has 1 saturated carbocycles. The van der Waals surface area contributed by atoms with Crippen LogP contribution in [0.15, 0.2) is 46.9 Å². The Hall–Kier alpha value is -2.14. The lowest BCUT2D eigenvalue weighted by atomic mass is 10.0. The van der Waals surface area contributed by atoms with Gasteiger partial charge in [0.1, 0.15) is 11.5 Å². The first-order chi connectivity index (χ1) is 12.1. The standard InChI is InChI=1S/C20H20BrN3O/c1-13(25)19-17-11-6-12-18(22-14-7-2-3-8-14)24(17)23-20(19)15-9-4-5-10-16(15)21/h4-6,9-12,14,22H,2-3,7-8H2,1H3. The lowest BCUT2D eigenvalue weighted by molar-refractivity contribution is 0.102. The summed E-state index contributed by atoms with van der Waals surface area (Å²) < 4.78 is 2.82. The van der Waals surface area contributed by atoms with Gasteiger partial charge in [-0.15, -0.1) is 0 Å². The van der Waals surface area contributed by atoms with Gasteiger partial charge in [-0.25, -0.2) is 4.52 Å². The number of anilines is 1. The number of halogens is 1. The van der Waals surface area contributed by atoms with Crippen molar-refractivity contribution < 1.29 is 4.79 Å². The molecule has 25 heavy (non-hydrogen) atoms. The molecule has 128 valence electrons. The number of Topliss-reactive ketones (excluding diaryl/α,β-unsaturated/α-hetero) is 1. The van der Waals surface area contributed by atoms with E-state index in [2.05, 4.69) is 21.2 Å². The Kier molecular flexibility index (Phi) is 4.34. The van der Waals surface area contributed by atoms with Crippen LogP contribution in [-0.4, -0.2) is 21.4 Å². The fourth-order valence-corrected chi connectivity index (χ4v) is 4.12. The van der Waals surface area contributed by atoms with Crippen LogP contribution in [0.2, 0.25) is 0 Å². The molecule has 0 atom stereocenters. The maximum Gasteiger partial charge on any atom is 0.164 e. The molecule has 1 aliphatic rings. The zero-order valence-corrected chi connectivity index (χ0v) is 15.7. The summed E-state index contributed by atoms with van der Waals surface area (Å²) in [7, 11) is 0. The molecule has 2 aromatic heterocycles. The number of benzene rings is 1. The molecule has 0 amide bonds. The Labute approximate surface area is 155 Å². The van der Waals surface area contributed by atoms with E-state index < -0.39 is 0 Å². The van der Waals surface area contributed by atoms with E-state index in [9.17, 15) is 4.79 Å². The topological polar surface area (TPSA) is 46.4 Å². The van der Waals surface area contributed by atoms with Crippen molar-refractivity contribution in [3.63, 3.8) is 0 Å². The predicted molar refractivity (Wildman–Crippen MR) is 104 cm³/mol. The van der Waals surface area contributed by atoms with Crippen molar-refractivity contribution in [2.45, 2.75) is 38.6 Å². The molecule has 0 bridgehead atoms. The summed E-state index contributed by atoms with van der Waals surface area (Å²) in [5, 5.41) is 8.42. The zero-order chi connectivity index (χ0) is 17.4. The summed E-state index contributed by atoms with van der Waals surface area (Å²) in [5.41, 5.74) is 3.17. The molecular weight excluding hydrogens is 378 g/mol. The van der Waals surface area contributed by atoms with Gasteiger partial charge in [-0.05, 0) is 38.0 Å². The van der Waals surface area contributed by atoms with E-state index in [0.29, 0.717) is 11.6 Å². The molecule has 1 N–H and O–H groups in total. The number of hydrogen-bond donors (Lipinski definition) is 1. The third kappa shape index (κ3) is 2.97. The second kappa shape index (κ2) is 6.64. The van der Waals surface area contributed by atoms with E-state index in [0.717, 1.165) is 27.1 Å². The minimum absolute atomic E-state index is 0.0266. The van der Waals surface area contributed by atoms with Crippen molar-refractivity contribution in [2.24, 2.45) is 0 Å². The Morgan fingerprint density at radius 2 is 1.92 bits per heavy atom. The van der Waals surface area contributed by atoms with Gasteiger partial charge in [0.2, 0.25) is 0 Å². The number of ketones is 1. The minimum Gasteiger partial charge on any atom is -0.367 e. The highest BCUT2D eigenvalue weighted by Gasteiger charge is 2.22. The molecule has 0 saturated heterocycles.